The fourth-order valence-electron chi connectivity index (χ4n) is 1.16. The first-order valence-corrected chi connectivity index (χ1v) is 5.53. The standard InChI is InChI=1S/C8H12N2.C6H4N2.3CH4/c1-8(2,9)7-5-3-4-6-10-7;1-7-6-4-2-3-5-8-6;;;/h3-6H,9H2,1-2H3;2-5H;3*1H4. The van der Waals surface area contributed by atoms with Crippen molar-refractivity contribution in [2.45, 2.75) is 41.7 Å². The lowest BCUT2D eigenvalue weighted by atomic mass is 10.0. The van der Waals surface area contributed by atoms with E-state index in [4.69, 9.17) is 12.3 Å². The third-order valence-electron chi connectivity index (χ3n) is 2.09. The topological polar surface area (TPSA) is 56.2 Å². The molecule has 2 N–H and O–H groups in total. The average Bonchev–Trinajstić information content (AvgIpc) is 2.40. The number of hydrogen-bond donors (Lipinski definition) is 1. The molecule has 2 aromatic heterocycles. The molecule has 0 aliphatic heterocycles. The molecule has 21 heavy (non-hydrogen) atoms. The SMILES string of the molecule is C.C.C.CC(C)(N)c1ccccn1.[C-]#[N+]c1ccccn1. The normalized spacial score (nSPS) is 8.48. The quantitative estimate of drug-likeness (QED) is 0.766. The summed E-state index contributed by atoms with van der Waals surface area (Å²) in [6.45, 7) is 10.4. The van der Waals surface area contributed by atoms with E-state index in [2.05, 4.69) is 14.8 Å². The van der Waals surface area contributed by atoms with Gasteiger partial charge in [0, 0.05) is 6.20 Å². The van der Waals surface area contributed by atoms with Gasteiger partial charge in [0.05, 0.1) is 11.2 Å². The zero-order chi connectivity index (χ0) is 13.4. The summed E-state index contributed by atoms with van der Waals surface area (Å²) >= 11 is 0. The van der Waals surface area contributed by atoms with Crippen LogP contribution in [-0.4, -0.2) is 9.97 Å². The van der Waals surface area contributed by atoms with Gasteiger partial charge in [-0.1, -0.05) is 41.0 Å². The lowest BCUT2D eigenvalue weighted by Crippen LogP contribution is -2.29. The number of pyridine rings is 2. The summed E-state index contributed by atoms with van der Waals surface area (Å²) in [7, 11) is 0. The maximum atomic E-state index is 6.51. The molecule has 0 aliphatic rings. The van der Waals surface area contributed by atoms with Crippen molar-refractivity contribution in [2.24, 2.45) is 5.73 Å². The van der Waals surface area contributed by atoms with Crippen LogP contribution in [0.15, 0.2) is 48.8 Å². The molecule has 116 valence electrons. The molecule has 0 saturated carbocycles. The third kappa shape index (κ3) is 9.31. The van der Waals surface area contributed by atoms with Gasteiger partial charge in [-0.3, -0.25) is 4.98 Å². The Balaban J connectivity index is -0.000000274. The number of nitrogens with two attached hydrogens (primary N) is 1. The molecule has 0 bridgehead atoms. The number of hydrogen-bond acceptors (Lipinski definition) is 3. The Kier molecular flexibility index (Phi) is 13.1. The van der Waals surface area contributed by atoms with Crippen LogP contribution in [0.5, 0.6) is 0 Å². The largest absolute Gasteiger partial charge is 0.361 e. The van der Waals surface area contributed by atoms with Gasteiger partial charge in [0.2, 0.25) is 0 Å². The van der Waals surface area contributed by atoms with E-state index in [9.17, 15) is 0 Å². The van der Waals surface area contributed by atoms with E-state index in [1.54, 1.807) is 30.6 Å². The van der Waals surface area contributed by atoms with Crippen LogP contribution >= 0.6 is 0 Å². The summed E-state index contributed by atoms with van der Waals surface area (Å²) in [6, 6.07) is 11.0. The molecule has 0 atom stereocenters. The number of aromatic nitrogens is 2. The van der Waals surface area contributed by atoms with Crippen molar-refractivity contribution < 1.29 is 0 Å². The summed E-state index contributed by atoms with van der Waals surface area (Å²) in [5, 5.41) is 0. The summed E-state index contributed by atoms with van der Waals surface area (Å²) in [4.78, 5) is 11.0. The Morgan fingerprint density at radius 2 is 1.48 bits per heavy atom. The van der Waals surface area contributed by atoms with Crippen LogP contribution in [0, 0.1) is 6.57 Å². The fourth-order valence-corrected chi connectivity index (χ4v) is 1.16. The number of rotatable bonds is 1. The Morgan fingerprint density at radius 1 is 0.952 bits per heavy atom. The molecule has 2 aromatic rings. The van der Waals surface area contributed by atoms with Gasteiger partial charge in [0.1, 0.15) is 6.20 Å². The molecule has 0 fully saturated rings. The Morgan fingerprint density at radius 3 is 1.71 bits per heavy atom. The van der Waals surface area contributed by atoms with Crippen LogP contribution < -0.4 is 5.73 Å². The first-order chi connectivity index (χ1) is 8.54. The molecule has 2 heterocycles. The highest BCUT2D eigenvalue weighted by molar-refractivity contribution is 5.33. The van der Waals surface area contributed by atoms with E-state index < -0.39 is 0 Å². The monoisotopic (exact) mass is 288 g/mol. The van der Waals surface area contributed by atoms with Crippen LogP contribution in [0.2, 0.25) is 0 Å². The maximum Gasteiger partial charge on any atom is 0.269 e. The molecule has 0 spiro atoms. The summed E-state index contributed by atoms with van der Waals surface area (Å²) in [5.41, 5.74) is 6.40. The highest BCUT2D eigenvalue weighted by atomic mass is 14.8. The average molecular weight is 288 g/mol. The zero-order valence-electron chi connectivity index (χ0n) is 10.5. The molecule has 4 heteroatoms. The van der Waals surface area contributed by atoms with E-state index in [0.717, 1.165) is 5.69 Å². The molecule has 0 radical (unpaired) electrons. The summed E-state index contributed by atoms with van der Waals surface area (Å²) in [6.07, 6.45) is 3.36. The van der Waals surface area contributed by atoms with Gasteiger partial charge in [-0.05, 0) is 38.1 Å². The molecule has 2 rings (SSSR count). The van der Waals surface area contributed by atoms with E-state index >= 15 is 0 Å². The second kappa shape index (κ2) is 11.6. The Hall–Kier alpha value is -2.25. The van der Waals surface area contributed by atoms with Crippen LogP contribution in [0.25, 0.3) is 4.85 Å². The minimum absolute atomic E-state index is 0. The van der Waals surface area contributed by atoms with Gasteiger partial charge in [0.25, 0.3) is 5.82 Å². The smallest absolute Gasteiger partial charge is 0.269 e. The highest BCUT2D eigenvalue weighted by Gasteiger charge is 2.13. The zero-order valence-corrected chi connectivity index (χ0v) is 10.5. The maximum absolute atomic E-state index is 6.51. The van der Waals surface area contributed by atoms with Gasteiger partial charge < -0.3 is 10.6 Å². The van der Waals surface area contributed by atoms with Gasteiger partial charge in [-0.15, -0.1) is 4.98 Å². The fraction of sp³-hybridized carbons (Fsp3) is 0.353. The highest BCUT2D eigenvalue weighted by Crippen LogP contribution is 2.11. The van der Waals surface area contributed by atoms with Crippen LogP contribution in [0.4, 0.5) is 5.82 Å². The summed E-state index contributed by atoms with van der Waals surface area (Å²) in [5.74, 6) is 0.451. The number of nitrogens with zero attached hydrogens (tertiary/aromatic N) is 3. The van der Waals surface area contributed by atoms with Crippen LogP contribution in [0.3, 0.4) is 0 Å². The third-order valence-corrected chi connectivity index (χ3v) is 2.09. The van der Waals surface area contributed by atoms with Gasteiger partial charge in [-0.2, -0.15) is 0 Å². The second-order valence-corrected chi connectivity index (χ2v) is 4.24. The minimum atomic E-state index is -0.318. The lowest BCUT2D eigenvalue weighted by molar-refractivity contribution is 0.535. The Labute approximate surface area is 129 Å². The van der Waals surface area contributed by atoms with Crippen molar-refractivity contribution in [1.29, 1.82) is 0 Å². The first-order valence-electron chi connectivity index (χ1n) is 5.53. The molecule has 0 unspecified atom stereocenters. The predicted molar refractivity (Wildman–Crippen MR) is 92.1 cm³/mol. The molecule has 0 saturated heterocycles. The Bertz CT molecular complexity index is 496. The van der Waals surface area contributed by atoms with Crippen molar-refractivity contribution in [1.82, 2.24) is 9.97 Å². The van der Waals surface area contributed by atoms with E-state index in [1.807, 2.05) is 32.0 Å². The second-order valence-electron chi connectivity index (χ2n) is 4.24. The van der Waals surface area contributed by atoms with E-state index in [0.29, 0.717) is 5.82 Å². The van der Waals surface area contributed by atoms with Crippen LogP contribution in [-0.2, 0) is 5.54 Å². The van der Waals surface area contributed by atoms with Crippen LogP contribution in [0.1, 0.15) is 41.8 Å². The van der Waals surface area contributed by atoms with Crippen molar-refractivity contribution in [3.63, 3.8) is 0 Å². The predicted octanol–water partition coefficient (Wildman–Crippen LogP) is 4.82. The first kappa shape index (κ1) is 23.8. The molecular weight excluding hydrogens is 260 g/mol. The van der Waals surface area contributed by atoms with Crippen molar-refractivity contribution in [2.75, 3.05) is 0 Å². The molecule has 0 aromatic carbocycles. The van der Waals surface area contributed by atoms with Gasteiger partial charge in [-0.25, -0.2) is 0 Å². The lowest BCUT2D eigenvalue weighted by Gasteiger charge is -2.16. The summed E-state index contributed by atoms with van der Waals surface area (Å²) < 4.78 is 0. The van der Waals surface area contributed by atoms with Crippen molar-refractivity contribution >= 4 is 5.82 Å². The van der Waals surface area contributed by atoms with E-state index in [-0.39, 0.29) is 27.8 Å². The molecule has 0 aliphatic carbocycles. The van der Waals surface area contributed by atoms with Gasteiger partial charge >= 0.3 is 0 Å². The molecular formula is C17H28N4. The van der Waals surface area contributed by atoms with Gasteiger partial charge in [0.15, 0.2) is 0 Å². The van der Waals surface area contributed by atoms with E-state index in [1.165, 1.54) is 0 Å². The minimum Gasteiger partial charge on any atom is -0.361 e. The molecule has 0 amide bonds. The van der Waals surface area contributed by atoms with Crippen molar-refractivity contribution in [3.8, 4) is 0 Å². The molecule has 4 nitrogen and oxygen atoms in total. The van der Waals surface area contributed by atoms with Crippen molar-refractivity contribution in [3.05, 3.63) is 65.9 Å².